The molecule has 0 aliphatic rings. The van der Waals surface area contributed by atoms with E-state index < -0.39 is 0 Å². The largest absolute Gasteiger partial charge is 0.496 e. The molecule has 0 aliphatic carbocycles. The van der Waals surface area contributed by atoms with Crippen molar-refractivity contribution in [2.24, 2.45) is 5.41 Å². The van der Waals surface area contributed by atoms with Gasteiger partial charge in [-0.25, -0.2) is 0 Å². The fourth-order valence-electron chi connectivity index (χ4n) is 1.85. The van der Waals surface area contributed by atoms with E-state index in [1.54, 1.807) is 14.2 Å². The standard InChI is InChI=1S/C15H25NO2/c1-15(2,9-10-17-3)12-16-11-13-7-5-6-8-14(13)18-4/h5-8,16H,9-12H2,1-4H3. The van der Waals surface area contributed by atoms with E-state index in [0.717, 1.165) is 31.9 Å². The summed E-state index contributed by atoms with van der Waals surface area (Å²) in [5.74, 6) is 0.944. The van der Waals surface area contributed by atoms with E-state index in [1.807, 2.05) is 18.2 Å². The highest BCUT2D eigenvalue weighted by atomic mass is 16.5. The minimum atomic E-state index is 0.248. The van der Waals surface area contributed by atoms with Gasteiger partial charge in [-0.1, -0.05) is 32.0 Å². The van der Waals surface area contributed by atoms with Crippen molar-refractivity contribution in [3.63, 3.8) is 0 Å². The molecule has 1 N–H and O–H groups in total. The first-order chi connectivity index (χ1) is 8.59. The van der Waals surface area contributed by atoms with Crippen molar-refractivity contribution in [2.75, 3.05) is 27.4 Å². The van der Waals surface area contributed by atoms with Gasteiger partial charge in [0.1, 0.15) is 5.75 Å². The molecule has 0 atom stereocenters. The van der Waals surface area contributed by atoms with Gasteiger partial charge in [-0.2, -0.15) is 0 Å². The number of para-hydroxylation sites is 1. The molecule has 0 spiro atoms. The number of ether oxygens (including phenoxy) is 2. The van der Waals surface area contributed by atoms with Crippen LogP contribution in [0.3, 0.4) is 0 Å². The molecule has 0 bridgehead atoms. The zero-order chi connectivity index (χ0) is 13.4. The maximum absolute atomic E-state index is 5.33. The van der Waals surface area contributed by atoms with Gasteiger partial charge < -0.3 is 14.8 Å². The summed E-state index contributed by atoms with van der Waals surface area (Å²) in [6, 6.07) is 8.11. The van der Waals surface area contributed by atoms with Crippen LogP contribution >= 0.6 is 0 Å². The lowest BCUT2D eigenvalue weighted by molar-refractivity contribution is 0.150. The summed E-state index contributed by atoms with van der Waals surface area (Å²) in [4.78, 5) is 0. The summed E-state index contributed by atoms with van der Waals surface area (Å²) in [6.45, 7) is 7.11. The first kappa shape index (κ1) is 15.0. The molecule has 1 aromatic carbocycles. The molecule has 0 saturated carbocycles. The monoisotopic (exact) mass is 251 g/mol. The average molecular weight is 251 g/mol. The molecular formula is C15H25NO2. The number of methoxy groups -OCH3 is 2. The third kappa shape index (κ3) is 5.07. The third-order valence-corrected chi connectivity index (χ3v) is 3.09. The van der Waals surface area contributed by atoms with Gasteiger partial charge in [-0.05, 0) is 17.9 Å². The van der Waals surface area contributed by atoms with Crippen LogP contribution in [0.2, 0.25) is 0 Å². The van der Waals surface area contributed by atoms with Gasteiger partial charge in [-0.15, -0.1) is 0 Å². The van der Waals surface area contributed by atoms with Crippen molar-refractivity contribution in [1.29, 1.82) is 0 Å². The van der Waals surface area contributed by atoms with Crippen LogP contribution in [0.1, 0.15) is 25.8 Å². The van der Waals surface area contributed by atoms with Crippen LogP contribution in [0, 0.1) is 5.41 Å². The number of hydrogen-bond donors (Lipinski definition) is 1. The average Bonchev–Trinajstić information content (AvgIpc) is 2.37. The molecule has 3 nitrogen and oxygen atoms in total. The van der Waals surface area contributed by atoms with Gasteiger partial charge in [0.15, 0.2) is 0 Å². The first-order valence-electron chi connectivity index (χ1n) is 6.40. The van der Waals surface area contributed by atoms with E-state index in [0.29, 0.717) is 0 Å². The number of hydrogen-bond acceptors (Lipinski definition) is 3. The first-order valence-corrected chi connectivity index (χ1v) is 6.40. The van der Waals surface area contributed by atoms with E-state index in [9.17, 15) is 0 Å². The highest BCUT2D eigenvalue weighted by Gasteiger charge is 2.16. The van der Waals surface area contributed by atoms with Crippen molar-refractivity contribution in [2.45, 2.75) is 26.8 Å². The summed E-state index contributed by atoms with van der Waals surface area (Å²) in [7, 11) is 3.46. The summed E-state index contributed by atoms with van der Waals surface area (Å²) < 4.78 is 10.5. The number of nitrogens with one attached hydrogen (secondary N) is 1. The Labute approximate surface area is 110 Å². The smallest absolute Gasteiger partial charge is 0.123 e. The Balaban J connectivity index is 2.41. The van der Waals surface area contributed by atoms with Crippen LogP contribution in [0.25, 0.3) is 0 Å². The summed E-state index contributed by atoms with van der Waals surface area (Å²) in [5, 5.41) is 3.49. The Morgan fingerprint density at radius 2 is 1.89 bits per heavy atom. The number of rotatable bonds is 8. The summed E-state index contributed by atoms with van der Waals surface area (Å²) in [6.07, 6.45) is 1.06. The molecule has 102 valence electrons. The van der Waals surface area contributed by atoms with Crippen LogP contribution in [0.5, 0.6) is 5.75 Å². The molecule has 1 aromatic rings. The normalized spacial score (nSPS) is 11.6. The molecular weight excluding hydrogens is 226 g/mol. The topological polar surface area (TPSA) is 30.5 Å². The summed E-state index contributed by atoms with van der Waals surface area (Å²) >= 11 is 0. The predicted molar refractivity (Wildman–Crippen MR) is 75.0 cm³/mol. The van der Waals surface area contributed by atoms with Crippen molar-refractivity contribution < 1.29 is 9.47 Å². The van der Waals surface area contributed by atoms with Crippen LogP contribution in [0.15, 0.2) is 24.3 Å². The zero-order valence-electron chi connectivity index (χ0n) is 12.0. The quantitative estimate of drug-likeness (QED) is 0.770. The molecule has 0 saturated heterocycles. The molecule has 3 heteroatoms. The molecule has 0 aromatic heterocycles. The van der Waals surface area contributed by atoms with Crippen LogP contribution in [-0.2, 0) is 11.3 Å². The molecule has 0 amide bonds. The molecule has 18 heavy (non-hydrogen) atoms. The van der Waals surface area contributed by atoms with Crippen molar-refractivity contribution in [3.8, 4) is 5.75 Å². The lowest BCUT2D eigenvalue weighted by Gasteiger charge is -2.24. The Kier molecular flexibility index (Phi) is 6.16. The molecule has 0 heterocycles. The highest BCUT2D eigenvalue weighted by Crippen LogP contribution is 2.20. The van der Waals surface area contributed by atoms with Gasteiger partial charge in [0.2, 0.25) is 0 Å². The molecule has 0 radical (unpaired) electrons. The van der Waals surface area contributed by atoms with E-state index in [2.05, 4.69) is 25.2 Å². The SMILES string of the molecule is COCCC(C)(C)CNCc1ccccc1OC. The Morgan fingerprint density at radius 1 is 1.17 bits per heavy atom. The predicted octanol–water partition coefficient (Wildman–Crippen LogP) is 2.85. The Bertz CT molecular complexity index is 350. The van der Waals surface area contributed by atoms with Gasteiger partial charge >= 0.3 is 0 Å². The Hall–Kier alpha value is -1.06. The fourth-order valence-corrected chi connectivity index (χ4v) is 1.85. The second-order valence-electron chi connectivity index (χ2n) is 5.32. The van der Waals surface area contributed by atoms with Gasteiger partial charge in [0.25, 0.3) is 0 Å². The second-order valence-corrected chi connectivity index (χ2v) is 5.32. The van der Waals surface area contributed by atoms with Gasteiger partial charge in [0, 0.05) is 32.4 Å². The summed E-state index contributed by atoms with van der Waals surface area (Å²) in [5.41, 5.74) is 1.44. The molecule has 0 aliphatic heterocycles. The van der Waals surface area contributed by atoms with E-state index >= 15 is 0 Å². The minimum Gasteiger partial charge on any atom is -0.496 e. The minimum absolute atomic E-state index is 0.248. The molecule has 0 fully saturated rings. The maximum atomic E-state index is 5.33. The fraction of sp³-hybridized carbons (Fsp3) is 0.600. The van der Waals surface area contributed by atoms with E-state index in [-0.39, 0.29) is 5.41 Å². The second kappa shape index (κ2) is 7.39. The van der Waals surface area contributed by atoms with Crippen LogP contribution in [0.4, 0.5) is 0 Å². The van der Waals surface area contributed by atoms with E-state index in [1.165, 1.54) is 5.56 Å². The lowest BCUT2D eigenvalue weighted by Crippen LogP contribution is -2.30. The lowest BCUT2D eigenvalue weighted by atomic mass is 9.89. The van der Waals surface area contributed by atoms with Crippen molar-refractivity contribution in [1.82, 2.24) is 5.32 Å². The van der Waals surface area contributed by atoms with E-state index in [4.69, 9.17) is 9.47 Å². The van der Waals surface area contributed by atoms with Gasteiger partial charge in [-0.3, -0.25) is 0 Å². The highest BCUT2D eigenvalue weighted by molar-refractivity contribution is 5.32. The third-order valence-electron chi connectivity index (χ3n) is 3.09. The van der Waals surface area contributed by atoms with Crippen molar-refractivity contribution in [3.05, 3.63) is 29.8 Å². The zero-order valence-corrected chi connectivity index (χ0v) is 12.0. The molecule has 1 rings (SSSR count). The van der Waals surface area contributed by atoms with Crippen LogP contribution in [-0.4, -0.2) is 27.4 Å². The van der Waals surface area contributed by atoms with Gasteiger partial charge in [0.05, 0.1) is 7.11 Å². The maximum Gasteiger partial charge on any atom is 0.123 e. The Morgan fingerprint density at radius 3 is 2.56 bits per heavy atom. The van der Waals surface area contributed by atoms with Crippen molar-refractivity contribution >= 4 is 0 Å². The number of benzene rings is 1. The van der Waals surface area contributed by atoms with Crippen LogP contribution < -0.4 is 10.1 Å². The molecule has 0 unspecified atom stereocenters.